The number of nitrogens with two attached hydrogens (primary N) is 1. The number of hydrogen-bond acceptors (Lipinski definition) is 6. The molecule has 9 heteroatoms. The number of anilines is 1. The highest BCUT2D eigenvalue weighted by Crippen LogP contribution is 2.42. The van der Waals surface area contributed by atoms with Crippen molar-refractivity contribution < 1.29 is 23.4 Å². The van der Waals surface area contributed by atoms with Crippen molar-refractivity contribution in [2.45, 2.75) is 31.3 Å². The van der Waals surface area contributed by atoms with Gasteiger partial charge < -0.3 is 15.6 Å². The highest BCUT2D eigenvalue weighted by atomic mass is 19.3. The van der Waals surface area contributed by atoms with Gasteiger partial charge in [-0.3, -0.25) is 9.36 Å². The minimum Gasteiger partial charge on any atom is -0.383 e. The Balaban J connectivity index is 2.45. The molecule has 19 heavy (non-hydrogen) atoms. The molecular formula is C10H11F2N3O4. The molecule has 1 aromatic rings. The SMILES string of the molecule is CC(=O)C1OC(n2ccc(N)nc2=O)C(F)(F)C1O. The average molecular weight is 275 g/mol. The van der Waals surface area contributed by atoms with E-state index in [-0.39, 0.29) is 5.82 Å². The number of Topliss-reactive ketones (excluding diaryl/α,β-unsaturated/α-hetero) is 1. The summed E-state index contributed by atoms with van der Waals surface area (Å²) in [7, 11) is 0. The van der Waals surface area contributed by atoms with Gasteiger partial charge in [0.25, 0.3) is 0 Å². The number of ketones is 1. The third kappa shape index (κ3) is 2.10. The van der Waals surface area contributed by atoms with Crippen molar-refractivity contribution in [3.8, 4) is 0 Å². The first-order valence-corrected chi connectivity index (χ1v) is 5.31. The third-order valence-electron chi connectivity index (χ3n) is 2.79. The number of carbonyl (C=O) groups is 1. The van der Waals surface area contributed by atoms with E-state index in [1.165, 1.54) is 0 Å². The summed E-state index contributed by atoms with van der Waals surface area (Å²) in [6.45, 7) is 1.01. The van der Waals surface area contributed by atoms with Gasteiger partial charge in [0.1, 0.15) is 5.82 Å². The van der Waals surface area contributed by atoms with E-state index in [1.54, 1.807) is 0 Å². The largest absolute Gasteiger partial charge is 0.383 e. The van der Waals surface area contributed by atoms with Crippen molar-refractivity contribution in [2.24, 2.45) is 0 Å². The molecule has 0 bridgehead atoms. The number of aliphatic hydroxyl groups is 1. The third-order valence-corrected chi connectivity index (χ3v) is 2.79. The summed E-state index contributed by atoms with van der Waals surface area (Å²) in [5, 5.41) is 9.41. The number of aromatic nitrogens is 2. The van der Waals surface area contributed by atoms with Crippen LogP contribution in [0.3, 0.4) is 0 Å². The smallest absolute Gasteiger partial charge is 0.351 e. The number of aliphatic hydroxyl groups excluding tert-OH is 1. The lowest BCUT2D eigenvalue weighted by atomic mass is 10.1. The molecule has 104 valence electrons. The molecule has 1 aliphatic heterocycles. The molecule has 0 spiro atoms. The fraction of sp³-hybridized carbons (Fsp3) is 0.500. The Morgan fingerprint density at radius 2 is 2.26 bits per heavy atom. The number of rotatable bonds is 2. The molecule has 0 radical (unpaired) electrons. The minimum atomic E-state index is -3.79. The summed E-state index contributed by atoms with van der Waals surface area (Å²) in [6, 6.07) is 1.13. The monoisotopic (exact) mass is 275 g/mol. The molecule has 1 fully saturated rings. The van der Waals surface area contributed by atoms with Gasteiger partial charge in [0.2, 0.25) is 6.23 Å². The number of halogens is 2. The van der Waals surface area contributed by atoms with Crippen LogP contribution in [-0.2, 0) is 9.53 Å². The van der Waals surface area contributed by atoms with E-state index < -0.39 is 35.8 Å². The second kappa shape index (κ2) is 4.35. The lowest BCUT2D eigenvalue weighted by molar-refractivity contribution is -0.141. The number of carbonyl (C=O) groups excluding carboxylic acids is 1. The van der Waals surface area contributed by atoms with E-state index in [1.807, 2.05) is 0 Å². The first-order valence-electron chi connectivity index (χ1n) is 5.31. The zero-order chi connectivity index (χ0) is 14.4. The summed E-state index contributed by atoms with van der Waals surface area (Å²) >= 11 is 0. The van der Waals surface area contributed by atoms with Crippen LogP contribution in [0, 0.1) is 0 Å². The van der Waals surface area contributed by atoms with Crippen LogP contribution in [0.1, 0.15) is 13.2 Å². The second-order valence-electron chi connectivity index (χ2n) is 4.18. The van der Waals surface area contributed by atoms with Gasteiger partial charge in [-0.15, -0.1) is 0 Å². The van der Waals surface area contributed by atoms with Gasteiger partial charge in [-0.05, 0) is 13.0 Å². The normalized spacial score (nSPS) is 29.4. The van der Waals surface area contributed by atoms with E-state index in [9.17, 15) is 23.5 Å². The van der Waals surface area contributed by atoms with Crippen molar-refractivity contribution in [1.82, 2.24) is 9.55 Å². The first-order chi connectivity index (χ1) is 8.75. The minimum absolute atomic E-state index is 0.133. The van der Waals surface area contributed by atoms with Crippen LogP contribution in [0.2, 0.25) is 0 Å². The molecule has 1 saturated heterocycles. The van der Waals surface area contributed by atoms with Crippen molar-refractivity contribution in [2.75, 3.05) is 5.73 Å². The maximum atomic E-state index is 13.8. The quantitative estimate of drug-likeness (QED) is 0.739. The average Bonchev–Trinajstić information content (AvgIpc) is 2.52. The van der Waals surface area contributed by atoms with E-state index >= 15 is 0 Å². The van der Waals surface area contributed by atoms with E-state index in [4.69, 9.17) is 10.5 Å². The number of ether oxygens (including phenoxy) is 1. The van der Waals surface area contributed by atoms with Crippen molar-refractivity contribution in [3.63, 3.8) is 0 Å². The van der Waals surface area contributed by atoms with Crippen LogP contribution >= 0.6 is 0 Å². The molecule has 7 nitrogen and oxygen atoms in total. The predicted octanol–water partition coefficient (Wildman–Crippen LogP) is -0.692. The molecule has 2 rings (SSSR count). The molecule has 3 unspecified atom stereocenters. The molecule has 0 aliphatic carbocycles. The number of nitrogens with zero attached hydrogens (tertiary/aromatic N) is 2. The fourth-order valence-corrected chi connectivity index (χ4v) is 1.83. The van der Waals surface area contributed by atoms with Crippen LogP contribution < -0.4 is 11.4 Å². The van der Waals surface area contributed by atoms with Crippen molar-refractivity contribution in [3.05, 3.63) is 22.7 Å². The van der Waals surface area contributed by atoms with Gasteiger partial charge in [0, 0.05) is 6.20 Å². The number of alkyl halides is 2. The molecule has 0 aromatic carbocycles. The molecule has 0 amide bonds. The van der Waals surface area contributed by atoms with Gasteiger partial charge in [-0.25, -0.2) is 4.79 Å². The Morgan fingerprint density at radius 1 is 1.63 bits per heavy atom. The molecule has 1 aromatic heterocycles. The van der Waals surface area contributed by atoms with Crippen LogP contribution in [-0.4, -0.2) is 38.6 Å². The highest BCUT2D eigenvalue weighted by Gasteiger charge is 2.60. The summed E-state index contributed by atoms with van der Waals surface area (Å²) < 4.78 is 32.9. The number of nitrogen functional groups attached to an aromatic ring is 1. The fourth-order valence-electron chi connectivity index (χ4n) is 1.83. The van der Waals surface area contributed by atoms with Crippen LogP contribution in [0.25, 0.3) is 0 Å². The van der Waals surface area contributed by atoms with Gasteiger partial charge in [-0.2, -0.15) is 13.8 Å². The first kappa shape index (κ1) is 13.6. The standard InChI is InChI=1S/C10H11F2N3O4/c1-4(16)6-7(17)10(11,12)8(19-6)15-3-2-5(13)14-9(15)18/h2-3,6-8,17H,1H3,(H2,13,14,18). The van der Waals surface area contributed by atoms with Crippen molar-refractivity contribution >= 4 is 11.6 Å². The Kier molecular flexibility index (Phi) is 3.11. The molecule has 3 N–H and O–H groups in total. The molecule has 3 atom stereocenters. The van der Waals surface area contributed by atoms with E-state index in [2.05, 4.69) is 4.98 Å². The molecule has 0 saturated carbocycles. The van der Waals surface area contributed by atoms with Crippen molar-refractivity contribution in [1.29, 1.82) is 0 Å². The van der Waals surface area contributed by atoms with Gasteiger partial charge in [0.05, 0.1) is 0 Å². The summed E-state index contributed by atoms with van der Waals surface area (Å²) in [4.78, 5) is 25.9. The van der Waals surface area contributed by atoms with Gasteiger partial charge in [-0.1, -0.05) is 0 Å². The topological polar surface area (TPSA) is 107 Å². The lowest BCUT2D eigenvalue weighted by Crippen LogP contribution is -2.42. The maximum absolute atomic E-state index is 13.8. The van der Waals surface area contributed by atoms with Crippen LogP contribution in [0.15, 0.2) is 17.1 Å². The van der Waals surface area contributed by atoms with E-state index in [0.717, 1.165) is 19.2 Å². The predicted molar refractivity (Wildman–Crippen MR) is 58.5 cm³/mol. The lowest BCUT2D eigenvalue weighted by Gasteiger charge is -2.20. The molecule has 2 heterocycles. The van der Waals surface area contributed by atoms with Gasteiger partial charge >= 0.3 is 11.6 Å². The second-order valence-corrected chi connectivity index (χ2v) is 4.18. The summed E-state index contributed by atoms with van der Waals surface area (Å²) in [5.41, 5.74) is 4.19. The Labute approximate surface area is 105 Å². The Hall–Kier alpha value is -1.87. The highest BCUT2D eigenvalue weighted by molar-refractivity contribution is 5.81. The maximum Gasteiger partial charge on any atom is 0.351 e. The Morgan fingerprint density at radius 3 is 2.74 bits per heavy atom. The Bertz CT molecular complexity index is 574. The van der Waals surface area contributed by atoms with E-state index in [0.29, 0.717) is 4.57 Å². The van der Waals surface area contributed by atoms with Crippen LogP contribution in [0.5, 0.6) is 0 Å². The summed E-state index contributed by atoms with van der Waals surface area (Å²) in [6.07, 6.45) is -5.14. The molecule has 1 aliphatic rings. The molecular weight excluding hydrogens is 264 g/mol. The summed E-state index contributed by atoms with van der Waals surface area (Å²) in [5.74, 6) is -4.69. The van der Waals surface area contributed by atoms with Crippen LogP contribution in [0.4, 0.5) is 14.6 Å². The van der Waals surface area contributed by atoms with Gasteiger partial charge in [0.15, 0.2) is 18.0 Å². The zero-order valence-electron chi connectivity index (χ0n) is 9.79. The zero-order valence-corrected chi connectivity index (χ0v) is 9.79. The number of hydrogen-bond donors (Lipinski definition) is 2.